The van der Waals surface area contributed by atoms with Gasteiger partial charge in [0.2, 0.25) is 11.0 Å². The van der Waals surface area contributed by atoms with Gasteiger partial charge in [-0.15, -0.1) is 21.5 Å². The first kappa shape index (κ1) is 20.0. The van der Waals surface area contributed by atoms with Crippen molar-refractivity contribution in [3.05, 3.63) is 52.2 Å². The highest BCUT2D eigenvalue weighted by Crippen LogP contribution is 2.26. The molecular formula is C17H14N4O4S3. The maximum atomic E-state index is 12.1. The van der Waals surface area contributed by atoms with E-state index in [9.17, 15) is 14.4 Å². The Labute approximate surface area is 172 Å². The fourth-order valence-corrected chi connectivity index (χ4v) is 4.18. The van der Waals surface area contributed by atoms with Gasteiger partial charge in [-0.25, -0.2) is 4.79 Å². The first-order valence-electron chi connectivity index (χ1n) is 7.84. The predicted octanol–water partition coefficient (Wildman–Crippen LogP) is 3.37. The normalized spacial score (nSPS) is 10.3. The lowest BCUT2D eigenvalue weighted by molar-refractivity contribution is -0.113. The Morgan fingerprint density at radius 2 is 1.89 bits per heavy atom. The van der Waals surface area contributed by atoms with Crippen molar-refractivity contribution in [1.29, 1.82) is 0 Å². The Balaban J connectivity index is 1.47. The minimum absolute atomic E-state index is 0.131. The number of benzene rings is 1. The van der Waals surface area contributed by atoms with Gasteiger partial charge in [-0.05, 0) is 35.7 Å². The van der Waals surface area contributed by atoms with Gasteiger partial charge in [0.15, 0.2) is 4.34 Å². The minimum atomic E-state index is -0.438. The number of carbonyl (C=O) groups excluding carboxylic acids is 3. The monoisotopic (exact) mass is 434 g/mol. The Morgan fingerprint density at radius 1 is 1.11 bits per heavy atom. The Bertz CT molecular complexity index is 971. The Kier molecular flexibility index (Phi) is 6.74. The molecule has 2 heterocycles. The van der Waals surface area contributed by atoms with Crippen LogP contribution in [0, 0.1) is 0 Å². The van der Waals surface area contributed by atoms with Crippen LogP contribution in [0.3, 0.4) is 0 Å². The molecule has 28 heavy (non-hydrogen) atoms. The molecule has 0 atom stereocenters. The number of anilines is 2. The number of esters is 1. The van der Waals surface area contributed by atoms with Gasteiger partial charge in [0.25, 0.3) is 5.91 Å². The first-order valence-corrected chi connectivity index (χ1v) is 10.5. The molecule has 2 aromatic heterocycles. The summed E-state index contributed by atoms with van der Waals surface area (Å²) in [6.07, 6.45) is 0. The molecule has 0 aliphatic heterocycles. The summed E-state index contributed by atoms with van der Waals surface area (Å²) in [7, 11) is 1.31. The third kappa shape index (κ3) is 5.38. The van der Waals surface area contributed by atoms with Gasteiger partial charge < -0.3 is 10.1 Å². The van der Waals surface area contributed by atoms with Crippen LogP contribution in [0.1, 0.15) is 20.0 Å². The van der Waals surface area contributed by atoms with Crippen LogP contribution in [0.25, 0.3) is 0 Å². The van der Waals surface area contributed by atoms with Crippen LogP contribution in [-0.4, -0.2) is 40.8 Å². The number of thioether (sulfide) groups is 1. The molecule has 3 rings (SSSR count). The van der Waals surface area contributed by atoms with E-state index in [0.29, 0.717) is 25.6 Å². The molecule has 3 aromatic rings. The van der Waals surface area contributed by atoms with Gasteiger partial charge in [0.1, 0.15) is 0 Å². The fraction of sp³-hybridized carbons (Fsp3) is 0.118. The number of nitrogens with one attached hydrogen (secondary N) is 2. The van der Waals surface area contributed by atoms with E-state index >= 15 is 0 Å². The molecule has 2 N–H and O–H groups in total. The quantitative estimate of drug-likeness (QED) is 0.333. The van der Waals surface area contributed by atoms with E-state index in [1.165, 1.54) is 41.5 Å². The molecule has 0 aliphatic carbocycles. The van der Waals surface area contributed by atoms with E-state index in [0.717, 1.165) is 0 Å². The lowest BCUT2D eigenvalue weighted by Gasteiger charge is -2.05. The molecule has 8 nitrogen and oxygen atoms in total. The maximum Gasteiger partial charge on any atom is 0.337 e. The van der Waals surface area contributed by atoms with Crippen molar-refractivity contribution in [2.45, 2.75) is 4.34 Å². The molecule has 0 spiro atoms. The van der Waals surface area contributed by atoms with Crippen molar-refractivity contribution in [3.63, 3.8) is 0 Å². The summed E-state index contributed by atoms with van der Waals surface area (Å²) < 4.78 is 5.19. The molecule has 1 aromatic carbocycles. The molecule has 144 valence electrons. The average Bonchev–Trinajstić information content (AvgIpc) is 3.38. The topological polar surface area (TPSA) is 110 Å². The molecule has 0 unspecified atom stereocenters. The van der Waals surface area contributed by atoms with Crippen molar-refractivity contribution < 1.29 is 19.1 Å². The van der Waals surface area contributed by atoms with Gasteiger partial charge in [-0.2, -0.15) is 0 Å². The van der Waals surface area contributed by atoms with Crippen LogP contribution in [-0.2, 0) is 9.53 Å². The van der Waals surface area contributed by atoms with Crippen molar-refractivity contribution in [2.24, 2.45) is 0 Å². The van der Waals surface area contributed by atoms with E-state index < -0.39 is 5.97 Å². The highest BCUT2D eigenvalue weighted by Gasteiger charge is 2.13. The number of rotatable bonds is 7. The van der Waals surface area contributed by atoms with Gasteiger partial charge in [-0.3, -0.25) is 14.9 Å². The van der Waals surface area contributed by atoms with Crippen LogP contribution in [0.15, 0.2) is 46.1 Å². The highest BCUT2D eigenvalue weighted by molar-refractivity contribution is 8.01. The molecule has 0 aliphatic rings. The summed E-state index contributed by atoms with van der Waals surface area (Å²) in [6.45, 7) is 0. The lowest BCUT2D eigenvalue weighted by atomic mass is 10.2. The number of aromatic nitrogens is 2. The standard InChI is InChI=1S/C17H14N4O4S3/c1-25-15(24)10-4-6-11(7-5-10)18-13(22)9-27-17-21-20-16(28-17)19-14(23)12-3-2-8-26-12/h2-8H,9H2,1H3,(H,18,22)(H,19,20,23). The third-order valence-electron chi connectivity index (χ3n) is 3.29. The van der Waals surface area contributed by atoms with Crippen LogP contribution < -0.4 is 10.6 Å². The van der Waals surface area contributed by atoms with Crippen LogP contribution in [0.4, 0.5) is 10.8 Å². The molecule has 0 radical (unpaired) electrons. The molecule has 2 amide bonds. The van der Waals surface area contributed by atoms with Gasteiger partial charge >= 0.3 is 5.97 Å². The Hall–Kier alpha value is -2.76. The number of hydrogen-bond donors (Lipinski definition) is 2. The molecule has 11 heteroatoms. The highest BCUT2D eigenvalue weighted by atomic mass is 32.2. The van der Waals surface area contributed by atoms with E-state index in [1.54, 1.807) is 36.4 Å². The van der Waals surface area contributed by atoms with Crippen molar-refractivity contribution in [1.82, 2.24) is 10.2 Å². The second-order valence-electron chi connectivity index (χ2n) is 5.21. The zero-order valence-electron chi connectivity index (χ0n) is 14.5. The number of thiophene rings is 1. The third-order valence-corrected chi connectivity index (χ3v) is 6.13. The average molecular weight is 435 g/mol. The van der Waals surface area contributed by atoms with E-state index in [1.807, 2.05) is 5.38 Å². The molecule has 0 saturated heterocycles. The SMILES string of the molecule is COC(=O)c1ccc(NC(=O)CSc2nnc(NC(=O)c3cccs3)s2)cc1. The summed E-state index contributed by atoms with van der Waals surface area (Å²) >= 11 is 3.75. The summed E-state index contributed by atoms with van der Waals surface area (Å²) in [5.74, 6) is -0.774. The van der Waals surface area contributed by atoms with Crippen molar-refractivity contribution in [2.75, 3.05) is 23.5 Å². The van der Waals surface area contributed by atoms with E-state index in [-0.39, 0.29) is 17.6 Å². The second-order valence-corrected chi connectivity index (χ2v) is 8.36. The van der Waals surface area contributed by atoms with Crippen LogP contribution in [0.5, 0.6) is 0 Å². The van der Waals surface area contributed by atoms with Gasteiger partial charge in [0.05, 0.1) is 23.3 Å². The van der Waals surface area contributed by atoms with Gasteiger partial charge in [0, 0.05) is 5.69 Å². The van der Waals surface area contributed by atoms with E-state index in [2.05, 4.69) is 25.6 Å². The molecule has 0 bridgehead atoms. The second kappa shape index (κ2) is 9.44. The van der Waals surface area contributed by atoms with Crippen molar-refractivity contribution >= 4 is 63.0 Å². The lowest BCUT2D eigenvalue weighted by Crippen LogP contribution is -2.14. The summed E-state index contributed by atoms with van der Waals surface area (Å²) in [6, 6.07) is 9.90. The minimum Gasteiger partial charge on any atom is -0.465 e. The number of nitrogens with zero attached hydrogens (tertiary/aromatic N) is 2. The molecule has 0 fully saturated rings. The van der Waals surface area contributed by atoms with Crippen molar-refractivity contribution in [3.8, 4) is 0 Å². The number of hydrogen-bond acceptors (Lipinski definition) is 9. The van der Waals surface area contributed by atoms with E-state index in [4.69, 9.17) is 0 Å². The predicted molar refractivity (Wildman–Crippen MR) is 109 cm³/mol. The maximum absolute atomic E-state index is 12.1. The number of methoxy groups -OCH3 is 1. The molecule has 0 saturated carbocycles. The zero-order valence-corrected chi connectivity index (χ0v) is 17.0. The fourth-order valence-electron chi connectivity index (χ4n) is 2.02. The number of amides is 2. The summed E-state index contributed by atoms with van der Waals surface area (Å²) in [4.78, 5) is 36.0. The smallest absolute Gasteiger partial charge is 0.337 e. The van der Waals surface area contributed by atoms with Crippen LogP contribution in [0.2, 0.25) is 0 Å². The molecular weight excluding hydrogens is 420 g/mol. The number of ether oxygens (including phenoxy) is 1. The first-order chi connectivity index (χ1) is 13.5. The van der Waals surface area contributed by atoms with Gasteiger partial charge in [-0.1, -0.05) is 29.2 Å². The Morgan fingerprint density at radius 3 is 2.57 bits per heavy atom. The zero-order chi connectivity index (χ0) is 19.9. The summed E-state index contributed by atoms with van der Waals surface area (Å²) in [5.41, 5.74) is 0.972. The summed E-state index contributed by atoms with van der Waals surface area (Å²) in [5, 5.41) is 15.5. The largest absolute Gasteiger partial charge is 0.465 e. The number of carbonyl (C=O) groups is 3. The van der Waals surface area contributed by atoms with Crippen LogP contribution >= 0.6 is 34.4 Å².